The van der Waals surface area contributed by atoms with Gasteiger partial charge in [0, 0.05) is 33.1 Å². The van der Waals surface area contributed by atoms with Gasteiger partial charge in [0.1, 0.15) is 10.8 Å². The van der Waals surface area contributed by atoms with Gasteiger partial charge in [-0.25, -0.2) is 19.4 Å². The highest BCUT2D eigenvalue weighted by molar-refractivity contribution is 5.85. The summed E-state index contributed by atoms with van der Waals surface area (Å²) in [7, 11) is 0. The van der Waals surface area contributed by atoms with E-state index in [9.17, 15) is 9.59 Å². The minimum atomic E-state index is -1.40. The van der Waals surface area contributed by atoms with E-state index in [0.29, 0.717) is 11.5 Å². The van der Waals surface area contributed by atoms with Crippen LogP contribution in [0.4, 0.5) is 0 Å². The van der Waals surface area contributed by atoms with Gasteiger partial charge in [-0.1, -0.05) is 109 Å². The maximum Gasteiger partial charge on any atom is 0.366 e. The third-order valence-electron chi connectivity index (χ3n) is 10.0. The molecule has 0 saturated heterocycles. The second-order valence-corrected chi connectivity index (χ2v) is 20.9. The molecular formula is C42H70O12. The molecule has 2 rings (SSSR count). The number of carbonyl (C=O) groups excluding carboxylic acids is 2. The maximum absolute atomic E-state index is 14.7. The summed E-state index contributed by atoms with van der Waals surface area (Å²) in [6.07, 6.45) is 3.75. The van der Waals surface area contributed by atoms with E-state index in [0.717, 1.165) is 22.3 Å². The summed E-state index contributed by atoms with van der Waals surface area (Å²) < 4.78 is 0. The zero-order valence-electron chi connectivity index (χ0n) is 37.2. The van der Waals surface area contributed by atoms with Gasteiger partial charge in [0.2, 0.25) is 0 Å². The Kier molecular flexibility index (Phi) is 14.1. The quantitative estimate of drug-likeness (QED) is 0.119. The first-order valence-electron chi connectivity index (χ1n) is 18.8. The highest BCUT2D eigenvalue weighted by atomic mass is 17.7. The first-order chi connectivity index (χ1) is 24.1. The van der Waals surface area contributed by atoms with E-state index >= 15 is 0 Å². The molecule has 0 bridgehead atoms. The van der Waals surface area contributed by atoms with Gasteiger partial charge >= 0.3 is 11.9 Å². The van der Waals surface area contributed by atoms with Crippen molar-refractivity contribution < 1.29 is 59.1 Å². The third kappa shape index (κ3) is 10.2. The van der Waals surface area contributed by atoms with Crippen LogP contribution in [0, 0.1) is 44.3 Å². The molecule has 0 fully saturated rings. The molecule has 0 aromatic heterocycles. The van der Waals surface area contributed by atoms with Gasteiger partial charge in [-0.15, -0.1) is 0 Å². The van der Waals surface area contributed by atoms with Gasteiger partial charge in [0.05, 0.1) is 11.2 Å². The van der Waals surface area contributed by atoms with Crippen molar-refractivity contribution in [1.82, 2.24) is 0 Å². The topological polar surface area (TPSA) is 126 Å². The highest BCUT2D eigenvalue weighted by Crippen LogP contribution is 2.58. The fourth-order valence-electron chi connectivity index (χ4n) is 7.82. The lowest BCUT2D eigenvalue weighted by molar-refractivity contribution is -0.641. The molecule has 4 unspecified atom stereocenters. The molecule has 12 nitrogen and oxygen atoms in total. The van der Waals surface area contributed by atoms with Crippen LogP contribution in [0.25, 0.3) is 0 Å². The zero-order chi connectivity index (χ0) is 42.3. The average Bonchev–Trinajstić information content (AvgIpc) is 2.95. The molecule has 0 aliphatic heterocycles. The van der Waals surface area contributed by atoms with Crippen LogP contribution in [0.15, 0.2) is 46.0 Å². The summed E-state index contributed by atoms with van der Waals surface area (Å²) in [5.41, 5.74) is -3.41. The number of hydrogen-bond acceptors (Lipinski definition) is 12. The van der Waals surface area contributed by atoms with Gasteiger partial charge in [-0.3, -0.25) is 0 Å². The lowest BCUT2D eigenvalue weighted by Crippen LogP contribution is -2.53. The summed E-state index contributed by atoms with van der Waals surface area (Å²) in [6, 6.07) is 0. The Morgan fingerprint density at radius 3 is 1.00 bits per heavy atom. The highest BCUT2D eigenvalue weighted by Gasteiger charge is 2.61. The molecule has 0 aromatic carbocycles. The maximum atomic E-state index is 14.7. The largest absolute Gasteiger partial charge is 0.366 e. The second-order valence-electron chi connectivity index (χ2n) is 20.9. The smallest absolute Gasteiger partial charge is 0.310 e. The Balaban J connectivity index is 2.62. The van der Waals surface area contributed by atoms with Gasteiger partial charge in [-0.2, -0.15) is 9.78 Å². The van der Waals surface area contributed by atoms with Crippen molar-refractivity contribution in [3.8, 4) is 0 Å². The minimum absolute atomic E-state index is 0.350. The Labute approximate surface area is 324 Å². The van der Waals surface area contributed by atoms with Crippen molar-refractivity contribution in [3.05, 3.63) is 46.0 Å². The van der Waals surface area contributed by atoms with Gasteiger partial charge in [0.25, 0.3) is 0 Å². The standard InChI is InChI=1S/C42H70O12/c1-25-23-41(37(11,12)13,27(3)31(29(25)35(5,6)7)45-51-53-49-39(17,18)19)33(43)47-48-34(44)42(38(14,15)16)24-26(2)30(36(8,9)10)32(28(42)4)46-52-54-50-40(20,21)22/h23-24,27-28H,1-22H3. The number of rotatable bonds is 10. The zero-order valence-corrected chi connectivity index (χ0v) is 37.2. The van der Waals surface area contributed by atoms with Crippen molar-refractivity contribution in [2.45, 2.75) is 164 Å². The molecule has 54 heavy (non-hydrogen) atoms. The first kappa shape index (κ1) is 47.4. The fourth-order valence-corrected chi connectivity index (χ4v) is 7.82. The summed E-state index contributed by atoms with van der Waals surface area (Å²) in [5, 5.41) is 20.1. The molecule has 310 valence electrons. The molecule has 0 radical (unpaired) electrons. The SMILES string of the molecule is CC1=CC(C(=O)OOC(=O)C2(C(C)(C)C)C=C(C)C(C(C)(C)C)=C(OOOOC(C)(C)C)C2C)(C(C)(C)C)C(C)C(OOOOC(C)(C)C)=C1C(C)(C)C. The van der Waals surface area contributed by atoms with Crippen LogP contribution in [0.3, 0.4) is 0 Å². The van der Waals surface area contributed by atoms with E-state index in [1.54, 1.807) is 41.5 Å². The van der Waals surface area contributed by atoms with Crippen LogP contribution in [-0.4, -0.2) is 23.1 Å². The average molecular weight is 767 g/mol. The first-order valence-corrected chi connectivity index (χ1v) is 18.8. The molecule has 0 N–H and O–H groups in total. The number of carbonyl (C=O) groups is 2. The van der Waals surface area contributed by atoms with Crippen molar-refractivity contribution in [2.24, 2.45) is 44.3 Å². The van der Waals surface area contributed by atoms with Crippen LogP contribution in [0.5, 0.6) is 0 Å². The fraction of sp³-hybridized carbons (Fsp3) is 0.762. The van der Waals surface area contributed by atoms with Crippen LogP contribution in [0.1, 0.15) is 152 Å². The molecule has 12 heteroatoms. The number of hydrogen-bond donors (Lipinski definition) is 0. The summed E-state index contributed by atoms with van der Waals surface area (Å²) in [5.74, 6) is -2.24. The van der Waals surface area contributed by atoms with Crippen molar-refractivity contribution in [2.75, 3.05) is 0 Å². The Morgan fingerprint density at radius 2 is 0.778 bits per heavy atom. The summed E-state index contributed by atoms with van der Waals surface area (Å²) in [4.78, 5) is 62.8. The van der Waals surface area contributed by atoms with Crippen LogP contribution in [-0.2, 0) is 59.1 Å². The molecule has 0 aromatic rings. The Bertz CT molecular complexity index is 1390. The van der Waals surface area contributed by atoms with Crippen molar-refractivity contribution in [3.63, 3.8) is 0 Å². The molecule has 2 aliphatic carbocycles. The molecule has 0 heterocycles. The van der Waals surface area contributed by atoms with Crippen LogP contribution >= 0.6 is 0 Å². The van der Waals surface area contributed by atoms with Gasteiger partial charge < -0.3 is 9.78 Å². The van der Waals surface area contributed by atoms with Crippen molar-refractivity contribution >= 4 is 11.9 Å². The third-order valence-corrected chi connectivity index (χ3v) is 10.0. The van der Waals surface area contributed by atoms with E-state index in [4.69, 9.17) is 49.5 Å². The normalized spacial score (nSPS) is 24.9. The molecule has 4 atom stereocenters. The molecule has 2 aliphatic rings. The van der Waals surface area contributed by atoms with Crippen LogP contribution < -0.4 is 0 Å². The Morgan fingerprint density at radius 1 is 0.500 bits per heavy atom. The molecule has 0 amide bonds. The summed E-state index contributed by atoms with van der Waals surface area (Å²) >= 11 is 0. The monoisotopic (exact) mass is 766 g/mol. The number of allylic oxidation sites excluding steroid dienone is 6. The molecule has 0 saturated carbocycles. The summed E-state index contributed by atoms with van der Waals surface area (Å²) in [6.45, 7) is 41.9. The minimum Gasteiger partial charge on any atom is -0.310 e. The van der Waals surface area contributed by atoms with Crippen molar-refractivity contribution in [1.29, 1.82) is 0 Å². The van der Waals surface area contributed by atoms with E-state index < -0.39 is 67.5 Å². The van der Waals surface area contributed by atoms with Gasteiger partial charge in [0.15, 0.2) is 11.5 Å². The molecular weight excluding hydrogens is 696 g/mol. The Hall–Kier alpha value is -2.74. The van der Waals surface area contributed by atoms with Gasteiger partial charge in [-0.05, 0) is 98.3 Å². The second kappa shape index (κ2) is 16.0. The van der Waals surface area contributed by atoms with E-state index in [2.05, 4.69) is 0 Å². The van der Waals surface area contributed by atoms with E-state index in [1.165, 1.54) is 0 Å². The predicted octanol–water partition coefficient (Wildman–Crippen LogP) is 11.1. The lowest BCUT2D eigenvalue weighted by atomic mass is 9.55. The molecule has 0 spiro atoms. The van der Waals surface area contributed by atoms with Crippen LogP contribution in [0.2, 0.25) is 0 Å². The van der Waals surface area contributed by atoms with E-state index in [-0.39, 0.29) is 0 Å². The van der Waals surface area contributed by atoms with E-state index in [1.807, 2.05) is 123 Å². The lowest BCUT2D eigenvalue weighted by Gasteiger charge is -2.49. The predicted molar refractivity (Wildman–Crippen MR) is 203 cm³/mol.